The summed E-state index contributed by atoms with van der Waals surface area (Å²) in [5.41, 5.74) is 0.0373. The van der Waals surface area contributed by atoms with Crippen molar-refractivity contribution in [1.82, 2.24) is 0 Å². The number of ketones is 2. The van der Waals surface area contributed by atoms with Crippen molar-refractivity contribution in [3.8, 4) is 0 Å². The number of benzene rings is 3. The van der Waals surface area contributed by atoms with E-state index in [1.807, 2.05) is 13.0 Å². The molecular weight excluding hydrogens is 466 g/mol. The largest absolute Gasteiger partial charge is 0.457 e. The fourth-order valence-electron chi connectivity index (χ4n) is 4.39. The van der Waals surface area contributed by atoms with E-state index in [1.165, 1.54) is 24.3 Å². The minimum absolute atomic E-state index is 0.0248. The third kappa shape index (κ3) is 3.49. The Balaban J connectivity index is 1.55. The van der Waals surface area contributed by atoms with Gasteiger partial charge in [0.25, 0.3) is 5.69 Å². The van der Waals surface area contributed by atoms with Gasteiger partial charge in [0.2, 0.25) is 5.78 Å². The Bertz CT molecular complexity index is 1710. The quantitative estimate of drug-likeness (QED) is 0.158. The number of esters is 1. The van der Waals surface area contributed by atoms with Gasteiger partial charge in [0.1, 0.15) is 23.3 Å². The molecule has 1 aliphatic carbocycles. The van der Waals surface area contributed by atoms with Gasteiger partial charge >= 0.3 is 11.6 Å². The number of nitro benzene ring substituents is 1. The zero-order chi connectivity index (χ0) is 25.7. The van der Waals surface area contributed by atoms with Crippen molar-refractivity contribution in [2.75, 3.05) is 0 Å². The molecular formula is C27H17NO8. The van der Waals surface area contributed by atoms with Crippen molar-refractivity contribution in [3.63, 3.8) is 0 Å². The Morgan fingerprint density at radius 3 is 2.33 bits per heavy atom. The molecule has 3 aromatic carbocycles. The van der Waals surface area contributed by atoms with Crippen molar-refractivity contribution >= 4 is 34.2 Å². The summed E-state index contributed by atoms with van der Waals surface area (Å²) in [7, 11) is 0. The van der Waals surface area contributed by atoms with Crippen LogP contribution in [-0.2, 0) is 11.3 Å². The summed E-state index contributed by atoms with van der Waals surface area (Å²) in [6, 6.07) is 13.1. The fourth-order valence-corrected chi connectivity index (χ4v) is 4.39. The average molecular weight is 483 g/mol. The van der Waals surface area contributed by atoms with E-state index < -0.39 is 44.9 Å². The maximum Gasteiger partial charge on any atom is 0.345 e. The van der Waals surface area contributed by atoms with Gasteiger partial charge < -0.3 is 9.15 Å². The lowest BCUT2D eigenvalue weighted by Gasteiger charge is -2.18. The highest BCUT2D eigenvalue weighted by molar-refractivity contribution is 6.30. The topological polar surface area (TPSA) is 134 Å². The number of hydrogen-bond donors (Lipinski definition) is 0. The van der Waals surface area contributed by atoms with Gasteiger partial charge in [-0.3, -0.25) is 19.7 Å². The Kier molecular flexibility index (Phi) is 5.32. The molecule has 0 radical (unpaired) electrons. The fraction of sp³-hybridized carbons (Fsp3) is 0.111. The molecule has 178 valence electrons. The van der Waals surface area contributed by atoms with Crippen LogP contribution < -0.4 is 5.63 Å². The molecule has 4 aromatic rings. The molecule has 1 heterocycles. The molecule has 9 heteroatoms. The lowest BCUT2D eigenvalue weighted by Crippen LogP contribution is -2.23. The highest BCUT2D eigenvalue weighted by Gasteiger charge is 2.39. The zero-order valence-corrected chi connectivity index (χ0v) is 19.1. The maximum absolute atomic E-state index is 13.1. The lowest BCUT2D eigenvalue weighted by molar-refractivity contribution is -0.385. The van der Waals surface area contributed by atoms with Crippen LogP contribution in [0.4, 0.5) is 5.69 Å². The van der Waals surface area contributed by atoms with Gasteiger partial charge in [-0.05, 0) is 37.1 Å². The van der Waals surface area contributed by atoms with E-state index in [2.05, 4.69) is 0 Å². The molecule has 0 amide bonds. The van der Waals surface area contributed by atoms with Gasteiger partial charge in [-0.1, -0.05) is 36.4 Å². The number of carbonyl (C=O) groups excluding carboxylic acids is 3. The van der Waals surface area contributed by atoms with E-state index >= 15 is 0 Å². The Morgan fingerprint density at radius 2 is 1.64 bits per heavy atom. The summed E-state index contributed by atoms with van der Waals surface area (Å²) in [5.74, 6) is -2.34. The van der Waals surface area contributed by atoms with Crippen LogP contribution in [0.15, 0.2) is 63.8 Å². The number of aryl methyl sites for hydroxylation is 2. The summed E-state index contributed by atoms with van der Waals surface area (Å²) in [5, 5.41) is 12.6. The number of ether oxygens (including phenoxy) is 1. The molecule has 0 spiro atoms. The normalized spacial score (nSPS) is 12.3. The summed E-state index contributed by atoms with van der Waals surface area (Å²) < 4.78 is 10.7. The van der Waals surface area contributed by atoms with Crippen molar-refractivity contribution in [1.29, 1.82) is 0 Å². The zero-order valence-electron chi connectivity index (χ0n) is 19.1. The predicted molar refractivity (Wildman–Crippen MR) is 127 cm³/mol. The highest BCUT2D eigenvalue weighted by Crippen LogP contribution is 2.36. The van der Waals surface area contributed by atoms with Crippen molar-refractivity contribution in [3.05, 3.63) is 120 Å². The number of nitro groups is 1. The molecule has 0 saturated heterocycles. The van der Waals surface area contributed by atoms with Crippen LogP contribution in [0.3, 0.4) is 0 Å². The minimum atomic E-state index is -1.08. The molecule has 0 aliphatic heterocycles. The molecule has 0 atom stereocenters. The second kappa shape index (κ2) is 8.38. The molecule has 1 aliphatic rings. The molecule has 36 heavy (non-hydrogen) atoms. The molecule has 0 unspecified atom stereocenters. The van der Waals surface area contributed by atoms with Crippen molar-refractivity contribution in [2.24, 2.45) is 0 Å². The van der Waals surface area contributed by atoms with E-state index in [0.717, 1.165) is 17.2 Å². The summed E-state index contributed by atoms with van der Waals surface area (Å²) in [6.07, 6.45) is 0. The Hall–Kier alpha value is -4.92. The van der Waals surface area contributed by atoms with E-state index in [1.54, 1.807) is 25.1 Å². The second-order valence-electron chi connectivity index (χ2n) is 8.40. The molecule has 1 aromatic heterocycles. The van der Waals surface area contributed by atoms with Gasteiger partial charge in [-0.2, -0.15) is 0 Å². The summed E-state index contributed by atoms with van der Waals surface area (Å²) in [6.45, 7) is 3.29. The third-order valence-electron chi connectivity index (χ3n) is 6.34. The molecule has 0 N–H and O–H groups in total. The van der Waals surface area contributed by atoms with Crippen LogP contribution in [0.2, 0.25) is 0 Å². The SMILES string of the molecule is Cc1ccc2c(COC(=O)c3ccc4c(c3[N+](=O)[O-])C(=O)c3ccccc3C4=O)cc(=O)oc2c1C. The standard InChI is InChI=1S/C27H17NO8/c1-13-7-8-16-15(11-21(29)36-26(16)14(13)2)12-35-27(32)20-10-9-19-22(23(20)28(33)34)25(31)18-6-4-3-5-17(18)24(19)30/h3-11H,12H2,1-2H3. The van der Waals surface area contributed by atoms with Crippen LogP contribution in [-0.4, -0.2) is 22.5 Å². The number of hydrogen-bond acceptors (Lipinski definition) is 8. The van der Waals surface area contributed by atoms with E-state index in [4.69, 9.17) is 9.15 Å². The first-order chi connectivity index (χ1) is 17.2. The number of rotatable bonds is 4. The number of carbonyl (C=O) groups is 3. The highest BCUT2D eigenvalue weighted by atomic mass is 16.6. The monoisotopic (exact) mass is 483 g/mol. The van der Waals surface area contributed by atoms with Gasteiger partial charge in [-0.25, -0.2) is 9.59 Å². The summed E-state index contributed by atoms with van der Waals surface area (Å²) in [4.78, 5) is 62.2. The summed E-state index contributed by atoms with van der Waals surface area (Å²) >= 11 is 0. The molecule has 0 bridgehead atoms. The van der Waals surface area contributed by atoms with E-state index in [-0.39, 0.29) is 23.3 Å². The first-order valence-corrected chi connectivity index (χ1v) is 10.9. The number of nitrogens with zero attached hydrogens (tertiary/aromatic N) is 1. The lowest BCUT2D eigenvalue weighted by atomic mass is 9.82. The minimum Gasteiger partial charge on any atom is -0.457 e. The van der Waals surface area contributed by atoms with Crippen LogP contribution >= 0.6 is 0 Å². The van der Waals surface area contributed by atoms with Gasteiger partial charge in [0.05, 0.1) is 4.92 Å². The van der Waals surface area contributed by atoms with Gasteiger partial charge in [0, 0.05) is 33.7 Å². The van der Waals surface area contributed by atoms with E-state index in [9.17, 15) is 29.3 Å². The first-order valence-electron chi connectivity index (χ1n) is 10.9. The molecule has 0 saturated carbocycles. The van der Waals surface area contributed by atoms with Crippen LogP contribution in [0.1, 0.15) is 58.9 Å². The van der Waals surface area contributed by atoms with Crippen LogP contribution in [0.25, 0.3) is 11.0 Å². The van der Waals surface area contributed by atoms with Crippen LogP contribution in [0, 0.1) is 24.0 Å². The van der Waals surface area contributed by atoms with E-state index in [0.29, 0.717) is 16.5 Å². The molecule has 0 fully saturated rings. The van der Waals surface area contributed by atoms with Gasteiger partial charge in [-0.15, -0.1) is 0 Å². The van der Waals surface area contributed by atoms with Crippen LogP contribution in [0.5, 0.6) is 0 Å². The molecule has 9 nitrogen and oxygen atoms in total. The molecule has 5 rings (SSSR count). The Labute approximate surface area is 203 Å². The van der Waals surface area contributed by atoms with Crippen molar-refractivity contribution in [2.45, 2.75) is 20.5 Å². The maximum atomic E-state index is 13.1. The smallest absolute Gasteiger partial charge is 0.345 e. The average Bonchev–Trinajstić information content (AvgIpc) is 2.87. The van der Waals surface area contributed by atoms with Crippen molar-refractivity contribution < 1.29 is 28.5 Å². The third-order valence-corrected chi connectivity index (χ3v) is 6.34. The second-order valence-corrected chi connectivity index (χ2v) is 8.40. The predicted octanol–water partition coefficient (Wildman–Crippen LogP) is 4.45. The number of fused-ring (bicyclic) bond motifs is 3. The first kappa shape index (κ1) is 22.9. The Morgan fingerprint density at radius 1 is 0.944 bits per heavy atom. The van der Waals surface area contributed by atoms with Gasteiger partial charge in [0.15, 0.2) is 5.78 Å².